The van der Waals surface area contributed by atoms with Crippen LogP contribution in [-0.2, 0) is 6.54 Å². The van der Waals surface area contributed by atoms with Crippen LogP contribution in [0.5, 0.6) is 5.75 Å². The Morgan fingerprint density at radius 2 is 2.05 bits per heavy atom. The molecule has 1 aromatic carbocycles. The number of carbonyl (C=O) groups is 1. The van der Waals surface area contributed by atoms with Gasteiger partial charge in [-0.15, -0.1) is 0 Å². The molecule has 2 amide bonds. The Kier molecular flexibility index (Phi) is 7.74. The fraction of sp³-hybridized carbons (Fsp3) is 0.588. The highest BCUT2D eigenvalue weighted by Gasteiger charge is 2.09. The summed E-state index contributed by atoms with van der Waals surface area (Å²) in [6.07, 6.45) is 0.327. The van der Waals surface area contributed by atoms with Gasteiger partial charge in [0.1, 0.15) is 5.75 Å². The first-order chi connectivity index (χ1) is 10.4. The van der Waals surface area contributed by atoms with E-state index in [1.807, 2.05) is 39.0 Å². The van der Waals surface area contributed by atoms with Gasteiger partial charge in [0, 0.05) is 18.7 Å². The topological polar surface area (TPSA) is 70.6 Å². The van der Waals surface area contributed by atoms with Crippen LogP contribution in [0.3, 0.4) is 0 Å². The second-order valence-corrected chi connectivity index (χ2v) is 5.80. The van der Waals surface area contributed by atoms with E-state index in [4.69, 9.17) is 4.74 Å². The van der Waals surface area contributed by atoms with E-state index in [-0.39, 0.29) is 18.1 Å². The molecule has 0 fully saturated rings. The average Bonchev–Trinajstić information content (AvgIpc) is 2.44. The summed E-state index contributed by atoms with van der Waals surface area (Å²) >= 11 is 0. The number of aliphatic hydroxyl groups is 1. The Bertz CT molecular complexity index is 475. The first-order valence-electron chi connectivity index (χ1n) is 7.84. The third kappa shape index (κ3) is 6.80. The average molecular weight is 308 g/mol. The lowest BCUT2D eigenvalue weighted by Crippen LogP contribution is -2.37. The lowest BCUT2D eigenvalue weighted by molar-refractivity contribution is 0.163. The molecule has 0 bridgehead atoms. The number of amides is 2. The number of nitrogens with one attached hydrogen (secondary N) is 2. The molecular weight excluding hydrogens is 280 g/mol. The molecule has 3 N–H and O–H groups in total. The number of urea groups is 1. The molecule has 1 aromatic rings. The van der Waals surface area contributed by atoms with Crippen molar-refractivity contribution >= 4 is 6.03 Å². The molecule has 1 rings (SSSR count). The predicted octanol–water partition coefficient (Wildman–Crippen LogP) is 2.60. The van der Waals surface area contributed by atoms with Crippen LogP contribution in [0.1, 0.15) is 38.3 Å². The Morgan fingerprint density at radius 3 is 2.68 bits per heavy atom. The highest BCUT2D eigenvalue weighted by molar-refractivity contribution is 5.73. The van der Waals surface area contributed by atoms with E-state index in [1.54, 1.807) is 6.92 Å². The van der Waals surface area contributed by atoms with E-state index >= 15 is 0 Å². The summed E-state index contributed by atoms with van der Waals surface area (Å²) in [5, 5.41) is 15.0. The molecule has 0 aliphatic heterocycles. The molecule has 5 heteroatoms. The molecule has 2 unspecified atom stereocenters. The van der Waals surface area contributed by atoms with Crippen molar-refractivity contribution in [1.29, 1.82) is 0 Å². The molecule has 2 atom stereocenters. The van der Waals surface area contributed by atoms with Crippen LogP contribution in [0.25, 0.3) is 0 Å². The van der Waals surface area contributed by atoms with Crippen molar-refractivity contribution in [3.8, 4) is 5.75 Å². The van der Waals surface area contributed by atoms with E-state index in [0.29, 0.717) is 26.1 Å². The van der Waals surface area contributed by atoms with Gasteiger partial charge in [0.2, 0.25) is 0 Å². The van der Waals surface area contributed by atoms with E-state index in [9.17, 15) is 9.90 Å². The van der Waals surface area contributed by atoms with Crippen LogP contribution >= 0.6 is 0 Å². The minimum absolute atomic E-state index is 0.208. The molecule has 22 heavy (non-hydrogen) atoms. The van der Waals surface area contributed by atoms with Gasteiger partial charge in [0.15, 0.2) is 0 Å². The highest BCUT2D eigenvalue weighted by atomic mass is 16.5. The van der Waals surface area contributed by atoms with Gasteiger partial charge in [-0.2, -0.15) is 0 Å². The summed E-state index contributed by atoms with van der Waals surface area (Å²) in [6.45, 7) is 9.27. The number of benzene rings is 1. The Labute approximate surface area is 133 Å². The number of aryl methyl sites for hydroxylation is 1. The van der Waals surface area contributed by atoms with Gasteiger partial charge < -0.3 is 20.5 Å². The van der Waals surface area contributed by atoms with Crippen LogP contribution in [-0.4, -0.2) is 30.4 Å². The van der Waals surface area contributed by atoms with Crippen molar-refractivity contribution in [3.63, 3.8) is 0 Å². The molecule has 0 aliphatic rings. The lowest BCUT2D eigenvalue weighted by atomic mass is 10.1. The molecule has 5 nitrogen and oxygen atoms in total. The predicted molar refractivity (Wildman–Crippen MR) is 88.0 cm³/mol. The summed E-state index contributed by atoms with van der Waals surface area (Å²) in [4.78, 5) is 11.8. The minimum atomic E-state index is -0.346. The summed E-state index contributed by atoms with van der Waals surface area (Å²) < 4.78 is 5.59. The Morgan fingerprint density at radius 1 is 1.32 bits per heavy atom. The molecule has 0 aliphatic carbocycles. The maximum Gasteiger partial charge on any atom is 0.315 e. The summed E-state index contributed by atoms with van der Waals surface area (Å²) in [6, 6.07) is 5.74. The normalized spacial score (nSPS) is 13.3. The first kappa shape index (κ1) is 18.3. The van der Waals surface area contributed by atoms with Gasteiger partial charge in [-0.3, -0.25) is 0 Å². The van der Waals surface area contributed by atoms with Gasteiger partial charge in [-0.05, 0) is 44.7 Å². The van der Waals surface area contributed by atoms with Gasteiger partial charge in [0.05, 0.1) is 12.7 Å². The summed E-state index contributed by atoms with van der Waals surface area (Å²) in [5.41, 5.74) is 2.09. The molecule has 0 radical (unpaired) electrons. The molecule has 0 spiro atoms. The lowest BCUT2D eigenvalue weighted by Gasteiger charge is -2.15. The number of hydrogen-bond donors (Lipinski definition) is 3. The SMILES string of the molecule is CCOc1cc(C)ccc1CNC(=O)NCC(C)CC(C)O. The van der Waals surface area contributed by atoms with Crippen molar-refractivity contribution in [2.24, 2.45) is 5.92 Å². The van der Waals surface area contributed by atoms with Gasteiger partial charge in [0.25, 0.3) is 0 Å². The number of hydrogen-bond acceptors (Lipinski definition) is 3. The largest absolute Gasteiger partial charge is 0.494 e. The van der Waals surface area contributed by atoms with E-state index in [1.165, 1.54) is 0 Å². The zero-order valence-corrected chi connectivity index (χ0v) is 14.0. The maximum atomic E-state index is 11.8. The van der Waals surface area contributed by atoms with Crippen LogP contribution < -0.4 is 15.4 Å². The first-order valence-corrected chi connectivity index (χ1v) is 7.84. The molecule has 0 saturated carbocycles. The van der Waals surface area contributed by atoms with Crippen molar-refractivity contribution in [3.05, 3.63) is 29.3 Å². The maximum absolute atomic E-state index is 11.8. The van der Waals surface area contributed by atoms with E-state index in [0.717, 1.165) is 16.9 Å². The minimum Gasteiger partial charge on any atom is -0.494 e. The molecule has 0 aromatic heterocycles. The van der Waals surface area contributed by atoms with Crippen LogP contribution in [0.15, 0.2) is 18.2 Å². The van der Waals surface area contributed by atoms with Gasteiger partial charge >= 0.3 is 6.03 Å². The Balaban J connectivity index is 2.44. The van der Waals surface area contributed by atoms with Gasteiger partial charge in [-0.1, -0.05) is 19.1 Å². The molecule has 0 heterocycles. The Hall–Kier alpha value is -1.75. The second kappa shape index (κ2) is 9.30. The van der Waals surface area contributed by atoms with Crippen LogP contribution in [0.2, 0.25) is 0 Å². The summed E-state index contributed by atoms with van der Waals surface area (Å²) in [7, 11) is 0. The number of aliphatic hydroxyl groups excluding tert-OH is 1. The summed E-state index contributed by atoms with van der Waals surface area (Å²) in [5.74, 6) is 1.05. The molecule has 0 saturated heterocycles. The van der Waals surface area contributed by atoms with Crippen molar-refractivity contribution in [2.45, 2.75) is 46.8 Å². The van der Waals surface area contributed by atoms with E-state index in [2.05, 4.69) is 10.6 Å². The fourth-order valence-electron chi connectivity index (χ4n) is 2.27. The van der Waals surface area contributed by atoms with Crippen molar-refractivity contribution in [2.75, 3.05) is 13.2 Å². The second-order valence-electron chi connectivity index (χ2n) is 5.80. The standard InChI is InChI=1S/C17H28N2O3/c1-5-22-16-9-12(2)6-7-15(16)11-19-17(21)18-10-13(3)8-14(4)20/h6-7,9,13-14,20H,5,8,10-11H2,1-4H3,(H2,18,19,21). The number of rotatable bonds is 8. The zero-order chi connectivity index (χ0) is 16.5. The van der Waals surface area contributed by atoms with Gasteiger partial charge in [-0.25, -0.2) is 4.79 Å². The van der Waals surface area contributed by atoms with Crippen LogP contribution in [0, 0.1) is 12.8 Å². The smallest absolute Gasteiger partial charge is 0.315 e. The van der Waals surface area contributed by atoms with Crippen LogP contribution in [0.4, 0.5) is 4.79 Å². The zero-order valence-electron chi connectivity index (χ0n) is 14.0. The quantitative estimate of drug-likeness (QED) is 0.691. The third-order valence-corrected chi connectivity index (χ3v) is 3.32. The van der Waals surface area contributed by atoms with E-state index < -0.39 is 0 Å². The third-order valence-electron chi connectivity index (χ3n) is 3.32. The molecule has 124 valence electrons. The fourth-order valence-corrected chi connectivity index (χ4v) is 2.27. The number of carbonyl (C=O) groups excluding carboxylic acids is 1. The monoisotopic (exact) mass is 308 g/mol. The highest BCUT2D eigenvalue weighted by Crippen LogP contribution is 2.20. The van der Waals surface area contributed by atoms with Crippen molar-refractivity contribution in [1.82, 2.24) is 10.6 Å². The number of ether oxygens (including phenoxy) is 1. The molecular formula is C17H28N2O3. The van der Waals surface area contributed by atoms with Crippen molar-refractivity contribution < 1.29 is 14.6 Å².